The van der Waals surface area contributed by atoms with Gasteiger partial charge in [0.05, 0.1) is 5.52 Å². The van der Waals surface area contributed by atoms with Crippen LogP contribution in [0.4, 0.5) is 5.69 Å². The van der Waals surface area contributed by atoms with Gasteiger partial charge < -0.3 is 10.4 Å². The van der Waals surface area contributed by atoms with Crippen LogP contribution in [0.25, 0.3) is 21.7 Å². The molecular formula is C19H15N3O2. The second kappa shape index (κ2) is 5.70. The average Bonchev–Trinajstić information content (AvgIpc) is 3.03. The summed E-state index contributed by atoms with van der Waals surface area (Å²) in [5.41, 5.74) is 2.78. The summed E-state index contributed by atoms with van der Waals surface area (Å²) in [4.78, 5) is 11.2. The molecule has 4 aromatic rings. The first-order valence-electron chi connectivity index (χ1n) is 7.64. The number of hydrogen-bond acceptors (Lipinski definition) is 3. The highest BCUT2D eigenvalue weighted by Crippen LogP contribution is 2.22. The third-order valence-electron chi connectivity index (χ3n) is 4.08. The van der Waals surface area contributed by atoms with Gasteiger partial charge in [0.15, 0.2) is 5.69 Å². The van der Waals surface area contributed by atoms with Gasteiger partial charge in [-0.1, -0.05) is 36.4 Å². The van der Waals surface area contributed by atoms with Crippen LogP contribution in [0, 0.1) is 0 Å². The molecule has 0 saturated carbocycles. The van der Waals surface area contributed by atoms with E-state index >= 15 is 0 Å². The fourth-order valence-corrected chi connectivity index (χ4v) is 2.84. The van der Waals surface area contributed by atoms with Gasteiger partial charge >= 0.3 is 5.97 Å². The van der Waals surface area contributed by atoms with Gasteiger partial charge in [-0.15, -0.1) is 0 Å². The summed E-state index contributed by atoms with van der Waals surface area (Å²) in [7, 11) is 0. The lowest BCUT2D eigenvalue weighted by Crippen LogP contribution is -2.00. The Kier molecular flexibility index (Phi) is 3.39. The summed E-state index contributed by atoms with van der Waals surface area (Å²) in [6.45, 7) is 0.663. The van der Waals surface area contributed by atoms with Crippen molar-refractivity contribution < 1.29 is 9.90 Å². The number of aromatic amines is 1. The number of carbonyl (C=O) groups is 1. The van der Waals surface area contributed by atoms with E-state index < -0.39 is 5.97 Å². The number of anilines is 1. The van der Waals surface area contributed by atoms with Gasteiger partial charge in [0.1, 0.15) is 0 Å². The Morgan fingerprint density at radius 1 is 1.04 bits per heavy atom. The minimum atomic E-state index is -1.03. The molecule has 24 heavy (non-hydrogen) atoms. The number of carboxylic acid groups (broad SMARTS) is 1. The van der Waals surface area contributed by atoms with E-state index in [1.165, 1.54) is 16.3 Å². The highest BCUT2D eigenvalue weighted by molar-refractivity contribution is 6.01. The lowest BCUT2D eigenvalue weighted by Gasteiger charge is -2.08. The molecule has 0 aliphatic heterocycles. The number of aromatic nitrogens is 2. The first-order chi connectivity index (χ1) is 11.7. The van der Waals surface area contributed by atoms with Crippen LogP contribution in [0.1, 0.15) is 16.1 Å². The molecule has 3 N–H and O–H groups in total. The van der Waals surface area contributed by atoms with Crippen molar-refractivity contribution in [2.75, 3.05) is 5.32 Å². The van der Waals surface area contributed by atoms with E-state index in [1.807, 2.05) is 30.3 Å². The lowest BCUT2D eigenvalue weighted by molar-refractivity contribution is 0.0692. The maximum Gasteiger partial charge on any atom is 0.357 e. The molecule has 118 valence electrons. The molecule has 3 aromatic carbocycles. The second-order valence-electron chi connectivity index (χ2n) is 5.67. The van der Waals surface area contributed by atoms with Gasteiger partial charge in [0, 0.05) is 17.6 Å². The van der Waals surface area contributed by atoms with Gasteiger partial charge in [0.2, 0.25) is 0 Å². The molecule has 0 aliphatic carbocycles. The number of benzene rings is 3. The zero-order valence-electron chi connectivity index (χ0n) is 12.8. The van der Waals surface area contributed by atoms with E-state index in [4.69, 9.17) is 5.11 Å². The van der Waals surface area contributed by atoms with Gasteiger partial charge in [0.25, 0.3) is 0 Å². The number of nitrogens with one attached hydrogen (secondary N) is 2. The van der Waals surface area contributed by atoms with Gasteiger partial charge in [-0.25, -0.2) is 4.79 Å². The van der Waals surface area contributed by atoms with E-state index in [1.54, 1.807) is 0 Å². The number of hydrogen-bond donors (Lipinski definition) is 3. The van der Waals surface area contributed by atoms with Crippen LogP contribution in [-0.4, -0.2) is 21.3 Å². The molecule has 0 unspecified atom stereocenters. The van der Waals surface area contributed by atoms with Crippen molar-refractivity contribution in [1.82, 2.24) is 10.2 Å². The SMILES string of the molecule is O=C(O)c1n[nH]c2ccc(NCc3ccc4ccccc4c3)cc12. The van der Waals surface area contributed by atoms with E-state index in [-0.39, 0.29) is 5.69 Å². The van der Waals surface area contributed by atoms with Crippen LogP contribution in [0.5, 0.6) is 0 Å². The number of H-pyrrole nitrogens is 1. The standard InChI is InChI=1S/C19H15N3O2/c23-19(24)18-16-10-15(7-8-17(16)21-22-18)20-11-12-5-6-13-3-1-2-4-14(13)9-12/h1-10,20H,11H2,(H,21,22)(H,23,24). The maximum absolute atomic E-state index is 11.2. The molecule has 1 aromatic heterocycles. The Labute approximate surface area is 137 Å². The molecule has 0 atom stereocenters. The minimum absolute atomic E-state index is 0.0411. The number of fused-ring (bicyclic) bond motifs is 2. The van der Waals surface area contributed by atoms with Crippen molar-refractivity contribution in [2.24, 2.45) is 0 Å². The van der Waals surface area contributed by atoms with Crippen molar-refractivity contribution in [1.29, 1.82) is 0 Å². The van der Waals surface area contributed by atoms with Crippen LogP contribution >= 0.6 is 0 Å². The summed E-state index contributed by atoms with van der Waals surface area (Å²) in [6.07, 6.45) is 0. The Bertz CT molecular complexity index is 1050. The van der Waals surface area contributed by atoms with Crippen molar-refractivity contribution in [3.63, 3.8) is 0 Å². The first-order valence-corrected chi connectivity index (χ1v) is 7.64. The number of rotatable bonds is 4. The largest absolute Gasteiger partial charge is 0.476 e. The molecule has 0 amide bonds. The molecule has 0 spiro atoms. The molecule has 5 nitrogen and oxygen atoms in total. The predicted octanol–water partition coefficient (Wildman–Crippen LogP) is 4.03. The van der Waals surface area contributed by atoms with Crippen LogP contribution < -0.4 is 5.32 Å². The normalized spacial score (nSPS) is 11.0. The fraction of sp³-hybridized carbons (Fsp3) is 0.0526. The summed E-state index contributed by atoms with van der Waals surface area (Å²) in [6, 6.07) is 20.1. The van der Waals surface area contributed by atoms with Crippen molar-refractivity contribution in [3.05, 3.63) is 71.9 Å². The van der Waals surface area contributed by atoms with Gasteiger partial charge in [-0.2, -0.15) is 5.10 Å². The van der Waals surface area contributed by atoms with Crippen molar-refractivity contribution in [2.45, 2.75) is 6.54 Å². The van der Waals surface area contributed by atoms with Crippen LogP contribution in [0.15, 0.2) is 60.7 Å². The highest BCUT2D eigenvalue weighted by Gasteiger charge is 2.12. The van der Waals surface area contributed by atoms with Crippen LogP contribution in [0.3, 0.4) is 0 Å². The summed E-state index contributed by atoms with van der Waals surface area (Å²) in [5.74, 6) is -1.03. The summed E-state index contributed by atoms with van der Waals surface area (Å²) < 4.78 is 0. The third kappa shape index (κ3) is 2.56. The molecule has 0 bridgehead atoms. The molecule has 5 heteroatoms. The Morgan fingerprint density at radius 2 is 1.88 bits per heavy atom. The Hall–Kier alpha value is -3.34. The van der Waals surface area contributed by atoms with E-state index in [9.17, 15) is 4.79 Å². The molecule has 0 aliphatic rings. The quantitative estimate of drug-likeness (QED) is 0.531. The Morgan fingerprint density at radius 3 is 2.71 bits per heavy atom. The monoisotopic (exact) mass is 317 g/mol. The second-order valence-corrected chi connectivity index (χ2v) is 5.67. The molecule has 1 heterocycles. The first kappa shape index (κ1) is 14.3. The molecule has 0 fully saturated rings. The van der Waals surface area contributed by atoms with Crippen LogP contribution in [0.2, 0.25) is 0 Å². The zero-order valence-corrected chi connectivity index (χ0v) is 12.8. The lowest BCUT2D eigenvalue weighted by atomic mass is 10.1. The van der Waals surface area contributed by atoms with Gasteiger partial charge in [-0.05, 0) is 40.6 Å². The smallest absolute Gasteiger partial charge is 0.357 e. The van der Waals surface area contributed by atoms with E-state index in [2.05, 4.69) is 45.8 Å². The van der Waals surface area contributed by atoms with Crippen molar-refractivity contribution in [3.8, 4) is 0 Å². The predicted molar refractivity (Wildman–Crippen MR) is 94.3 cm³/mol. The fourth-order valence-electron chi connectivity index (χ4n) is 2.84. The number of aromatic carboxylic acids is 1. The topological polar surface area (TPSA) is 78.0 Å². The number of nitrogens with zero attached hydrogens (tertiary/aromatic N) is 1. The zero-order chi connectivity index (χ0) is 16.5. The average molecular weight is 317 g/mol. The Balaban J connectivity index is 1.59. The molecule has 0 saturated heterocycles. The van der Waals surface area contributed by atoms with E-state index in [0.29, 0.717) is 17.4 Å². The maximum atomic E-state index is 11.2. The molecule has 4 rings (SSSR count). The molecule has 0 radical (unpaired) electrons. The van der Waals surface area contributed by atoms with Crippen LogP contribution in [-0.2, 0) is 6.54 Å². The number of carboxylic acids is 1. The van der Waals surface area contributed by atoms with E-state index in [0.717, 1.165) is 5.69 Å². The third-order valence-corrected chi connectivity index (χ3v) is 4.08. The van der Waals surface area contributed by atoms with Crippen molar-refractivity contribution >= 4 is 33.3 Å². The van der Waals surface area contributed by atoms with Gasteiger partial charge in [-0.3, -0.25) is 5.10 Å². The molecular weight excluding hydrogens is 302 g/mol. The summed E-state index contributed by atoms with van der Waals surface area (Å²) in [5, 5.41) is 22.1. The summed E-state index contributed by atoms with van der Waals surface area (Å²) >= 11 is 0. The highest BCUT2D eigenvalue weighted by atomic mass is 16.4. The minimum Gasteiger partial charge on any atom is -0.476 e.